The molecule has 0 saturated heterocycles. The Balaban J connectivity index is 0.000000165. The third kappa shape index (κ3) is 8.44. The molecule has 13 nitrogen and oxygen atoms in total. The van der Waals surface area contributed by atoms with Crippen molar-refractivity contribution >= 4 is 124 Å². The molecule has 8 aromatic rings. The molecule has 4 aliphatic rings. The second kappa shape index (κ2) is 20.3. The Bertz CT molecular complexity index is 3990. The van der Waals surface area contributed by atoms with Gasteiger partial charge in [0.15, 0.2) is 46.5 Å². The van der Waals surface area contributed by atoms with Crippen molar-refractivity contribution in [1.82, 2.24) is 0 Å². The summed E-state index contributed by atoms with van der Waals surface area (Å²) in [5, 5.41) is -0.448. The van der Waals surface area contributed by atoms with Gasteiger partial charge in [-0.2, -0.15) is 0 Å². The quantitative estimate of drug-likeness (QED) is 0.0340. The average molecular weight is 1230 g/mol. The summed E-state index contributed by atoms with van der Waals surface area (Å²) < 4.78 is 162. The molecule has 6 amide bonds. The number of hydrogen-bond donors (Lipinski definition) is 1. The molecule has 26 heteroatoms. The van der Waals surface area contributed by atoms with Crippen molar-refractivity contribution in [3.05, 3.63) is 209 Å². The van der Waals surface area contributed by atoms with E-state index >= 15 is 0 Å². The normalized spacial score (nSPS) is 14.1. The molecule has 79 heavy (non-hydrogen) atoms. The molecule has 8 aromatic carbocycles. The van der Waals surface area contributed by atoms with E-state index in [1.807, 2.05) is 24.3 Å². The average Bonchev–Trinajstić information content (AvgIpc) is 3.63. The SMILES string of the molecule is Nc1cccc(Br)c1.O=C1OC(=O)c2ccc3c4c(ccc1c24)C(=O)N(c1c(F)c(F)c(F)c(F)c1F)C3=O.O=C1c2ccc3c4c(ccc(c24)C(=O)N1c1cccc(Br)c1)C(=O)N(c1c(F)c(F)c(F)c(F)c1F)C3=O.[2H]CF. The number of alkyl halides is 1. The number of hydrogen-bond acceptors (Lipinski definition) is 10. The molecule has 0 radical (unpaired) electrons. The second-order valence-electron chi connectivity index (χ2n) is 16.5. The standard InChI is InChI=1S/C26H8BrF5N2O4.C20H4F5NO5.C6H6BrN.CH3F/c27-9-2-1-3-10(8-9)33-23(35)11-4-6-13-16-14(7-5-12(15(11)16)24(33)36)26(38)34(25(13)37)22-20(31)18(29)17(28)19(30)21(22)32;21-11-12(22)14(24)16(15(25)13(11)23)26-17(27)5-1-3-7-10-8(20(30)31-19(7)29)4-2-6(9(5)10)18(26)28;7-5-2-1-3-6(8)4-5;1-2/h1-8H;1-4H;1-4H,8H2;1H3/i;;;1D. The van der Waals surface area contributed by atoms with Gasteiger partial charge in [0, 0.05) is 69.6 Å². The van der Waals surface area contributed by atoms with Gasteiger partial charge in [-0.3, -0.25) is 33.2 Å². The monoisotopic (exact) mass is 1220 g/mol. The van der Waals surface area contributed by atoms with Crippen LogP contribution in [0.3, 0.4) is 0 Å². The number of anilines is 4. The van der Waals surface area contributed by atoms with E-state index in [1.165, 1.54) is 18.2 Å². The zero-order chi connectivity index (χ0) is 58.2. The van der Waals surface area contributed by atoms with Crippen LogP contribution in [0.15, 0.2) is 106 Å². The highest BCUT2D eigenvalue weighted by Crippen LogP contribution is 2.44. The van der Waals surface area contributed by atoms with Crippen molar-refractivity contribution < 1.29 is 92.8 Å². The minimum atomic E-state index is -2.45. The van der Waals surface area contributed by atoms with Gasteiger partial charge in [-0.05, 0) is 84.9 Å². The van der Waals surface area contributed by atoms with Crippen molar-refractivity contribution in [3.8, 4) is 0 Å². The number of rotatable bonds is 3. The largest absolute Gasteiger partial charge is 0.399 e. The molecule has 4 aliphatic heterocycles. The summed E-state index contributed by atoms with van der Waals surface area (Å²) >= 11 is 6.56. The van der Waals surface area contributed by atoms with E-state index in [2.05, 4.69) is 36.6 Å². The Hall–Kier alpha value is -9.17. The number of cyclic esters (lactones) is 2. The number of imide groups is 3. The first-order valence-corrected chi connectivity index (χ1v) is 23.2. The first-order valence-electron chi connectivity index (χ1n) is 22.4. The molecule has 2 N–H and O–H groups in total. The number of ether oxygens (including phenoxy) is 1. The number of esters is 2. The van der Waals surface area contributed by atoms with E-state index in [9.17, 15) is 86.7 Å². The van der Waals surface area contributed by atoms with Crippen LogP contribution >= 0.6 is 31.9 Å². The summed E-state index contributed by atoms with van der Waals surface area (Å²) in [5.41, 5.74) is 1.13. The lowest BCUT2D eigenvalue weighted by Crippen LogP contribution is -2.44. The Morgan fingerprint density at radius 2 is 0.658 bits per heavy atom. The number of amides is 6. The van der Waals surface area contributed by atoms with Gasteiger partial charge in [0.1, 0.15) is 11.4 Å². The van der Waals surface area contributed by atoms with Crippen LogP contribution in [0.4, 0.5) is 71.0 Å². The Labute approximate surface area is 450 Å². The van der Waals surface area contributed by atoms with Gasteiger partial charge in [0.2, 0.25) is 11.6 Å². The fourth-order valence-electron chi connectivity index (χ4n) is 8.94. The van der Waals surface area contributed by atoms with Crippen molar-refractivity contribution in [1.29, 1.82) is 0 Å². The van der Waals surface area contributed by atoms with Gasteiger partial charge in [0.05, 0.1) is 25.3 Å². The molecule has 0 bridgehead atoms. The van der Waals surface area contributed by atoms with E-state index in [1.54, 1.807) is 18.2 Å². The topological polar surface area (TPSA) is 182 Å². The number of nitrogens with zero attached hydrogens (tertiary/aromatic N) is 3. The molecule has 0 saturated carbocycles. The number of halogens is 13. The summed E-state index contributed by atoms with van der Waals surface area (Å²) in [6.45, 7) is 0. The number of carbonyl (C=O) groups excluding carboxylic acids is 8. The maximum atomic E-state index is 14.6. The van der Waals surface area contributed by atoms with Crippen LogP contribution in [0.25, 0.3) is 21.5 Å². The highest BCUT2D eigenvalue weighted by atomic mass is 79.9. The number of benzene rings is 8. The third-order valence-corrected chi connectivity index (χ3v) is 13.3. The molecule has 0 aromatic heterocycles. The van der Waals surface area contributed by atoms with Crippen LogP contribution < -0.4 is 20.4 Å². The Morgan fingerprint density at radius 3 is 0.949 bits per heavy atom. The van der Waals surface area contributed by atoms with Crippen molar-refractivity contribution in [2.75, 3.05) is 27.6 Å². The third-order valence-electron chi connectivity index (χ3n) is 12.3. The summed E-state index contributed by atoms with van der Waals surface area (Å²) in [6.07, 6.45) is 0. The molecule has 0 spiro atoms. The van der Waals surface area contributed by atoms with E-state index in [4.69, 9.17) is 7.10 Å². The number of nitrogen functional groups attached to an aromatic ring is 1. The lowest BCUT2D eigenvalue weighted by molar-refractivity contribution is 0.0389. The summed E-state index contributed by atoms with van der Waals surface area (Å²) in [5.74, 6) is -32.9. The van der Waals surface area contributed by atoms with Crippen molar-refractivity contribution in [3.63, 3.8) is 0 Å². The molecule has 0 fully saturated rings. The zero-order valence-electron chi connectivity index (χ0n) is 39.5. The number of carbonyl (C=O) groups is 8. The van der Waals surface area contributed by atoms with Crippen LogP contribution in [0.1, 0.15) is 84.2 Å². The van der Waals surface area contributed by atoms with Crippen LogP contribution in [-0.2, 0) is 4.74 Å². The second-order valence-corrected chi connectivity index (χ2v) is 18.4. The van der Waals surface area contributed by atoms with Crippen LogP contribution in [0.2, 0.25) is 0 Å². The zero-order valence-corrected chi connectivity index (χ0v) is 41.6. The molecule has 0 aliphatic carbocycles. The molecular weight excluding hydrogens is 1210 g/mol. The van der Waals surface area contributed by atoms with Gasteiger partial charge in [-0.1, -0.05) is 44.0 Å². The highest BCUT2D eigenvalue weighted by Gasteiger charge is 2.45. The summed E-state index contributed by atoms with van der Waals surface area (Å²) in [7, 11) is -1.00. The van der Waals surface area contributed by atoms with Crippen molar-refractivity contribution in [2.24, 2.45) is 0 Å². The molecular formula is C53H21Br2F11N4O9. The van der Waals surface area contributed by atoms with Gasteiger partial charge >= 0.3 is 11.9 Å². The number of nitrogens with two attached hydrogens (primary N) is 1. The first kappa shape index (κ1) is 53.2. The lowest BCUT2D eigenvalue weighted by atomic mass is 9.85. The molecule has 12 rings (SSSR count). The van der Waals surface area contributed by atoms with Gasteiger partial charge < -0.3 is 10.5 Å². The van der Waals surface area contributed by atoms with Crippen LogP contribution in [-0.4, -0.2) is 54.5 Å². The van der Waals surface area contributed by atoms with Gasteiger partial charge in [-0.15, -0.1) is 0 Å². The van der Waals surface area contributed by atoms with Crippen LogP contribution in [0.5, 0.6) is 0 Å². The smallest absolute Gasteiger partial charge is 0.346 e. The van der Waals surface area contributed by atoms with E-state index in [0.717, 1.165) is 51.5 Å². The van der Waals surface area contributed by atoms with E-state index < -0.39 is 124 Å². The summed E-state index contributed by atoms with van der Waals surface area (Å²) in [6, 6.07) is 22.7. The first-order chi connectivity index (χ1) is 37.9. The lowest BCUT2D eigenvalue weighted by Gasteiger charge is -2.32. The Morgan fingerprint density at radius 1 is 0.392 bits per heavy atom. The summed E-state index contributed by atoms with van der Waals surface area (Å²) in [4.78, 5) is 104. The molecule has 4 heterocycles. The fourth-order valence-corrected chi connectivity index (χ4v) is 9.74. The van der Waals surface area contributed by atoms with E-state index in [-0.39, 0.29) is 81.5 Å². The predicted octanol–water partition coefficient (Wildman–Crippen LogP) is 12.2. The fraction of sp³-hybridized carbons (Fsp3) is 0.0189. The predicted molar refractivity (Wildman–Crippen MR) is 263 cm³/mol. The molecule has 0 unspecified atom stereocenters. The maximum Gasteiger partial charge on any atom is 0.346 e. The van der Waals surface area contributed by atoms with Gasteiger partial charge in [0.25, 0.3) is 35.4 Å². The highest BCUT2D eigenvalue weighted by molar-refractivity contribution is 9.10. The minimum absolute atomic E-state index is 0.0366. The molecule has 398 valence electrons. The van der Waals surface area contributed by atoms with Crippen LogP contribution in [0, 0.1) is 58.2 Å². The van der Waals surface area contributed by atoms with Gasteiger partial charge in [-0.25, -0.2) is 68.2 Å². The molecule has 0 atom stereocenters. The maximum absolute atomic E-state index is 14.6. The minimum Gasteiger partial charge on any atom is -0.399 e. The van der Waals surface area contributed by atoms with E-state index in [0.29, 0.717) is 4.47 Å². The Kier molecular flexibility index (Phi) is 13.7. The van der Waals surface area contributed by atoms with Crippen molar-refractivity contribution in [2.45, 2.75) is 0 Å².